The average molecular weight is 414 g/mol. The molecule has 1 aliphatic heterocycles. The minimum atomic E-state index is -3.46. The van der Waals surface area contributed by atoms with E-state index in [9.17, 15) is 13.2 Å². The van der Waals surface area contributed by atoms with E-state index in [2.05, 4.69) is 0 Å². The number of hydrogen-bond acceptors (Lipinski definition) is 4. The lowest BCUT2D eigenvalue weighted by Crippen LogP contribution is -2.31. The van der Waals surface area contributed by atoms with Gasteiger partial charge < -0.3 is 4.74 Å². The van der Waals surface area contributed by atoms with E-state index in [0.717, 1.165) is 42.4 Å². The molecule has 2 aromatic rings. The van der Waals surface area contributed by atoms with Crippen LogP contribution in [-0.4, -0.2) is 31.8 Å². The van der Waals surface area contributed by atoms with Crippen LogP contribution in [0.5, 0.6) is 0 Å². The highest BCUT2D eigenvalue weighted by atomic mass is 32.2. The lowest BCUT2D eigenvalue weighted by molar-refractivity contribution is -0.138. The number of ether oxygens (including phenoxy) is 1. The van der Waals surface area contributed by atoms with Gasteiger partial charge >= 0.3 is 5.97 Å². The van der Waals surface area contributed by atoms with Gasteiger partial charge in [-0.15, -0.1) is 0 Å². The fraction of sp³-hybridized carbons (Fsp3) is 0.348. The number of carbonyl (C=O) groups is 1. The fourth-order valence-corrected chi connectivity index (χ4v) is 4.75. The van der Waals surface area contributed by atoms with Crippen molar-refractivity contribution in [3.63, 3.8) is 0 Å². The van der Waals surface area contributed by atoms with Crippen molar-refractivity contribution in [2.24, 2.45) is 0 Å². The van der Waals surface area contributed by atoms with Crippen molar-refractivity contribution in [2.75, 3.05) is 13.1 Å². The molecule has 3 rings (SSSR count). The number of nitrogens with zero attached hydrogens (tertiary/aromatic N) is 1. The molecule has 0 saturated carbocycles. The minimum Gasteiger partial charge on any atom is -0.458 e. The summed E-state index contributed by atoms with van der Waals surface area (Å²) >= 11 is 0. The van der Waals surface area contributed by atoms with Gasteiger partial charge in [-0.25, -0.2) is 13.2 Å². The Kier molecular flexibility index (Phi) is 7.23. The summed E-state index contributed by atoms with van der Waals surface area (Å²) in [5.41, 5.74) is 2.83. The fourth-order valence-electron chi connectivity index (χ4n) is 3.23. The first kappa shape index (κ1) is 21.3. The van der Waals surface area contributed by atoms with Gasteiger partial charge in [-0.05, 0) is 49.1 Å². The van der Waals surface area contributed by atoms with Crippen LogP contribution >= 0.6 is 0 Å². The minimum absolute atomic E-state index is 0.219. The van der Waals surface area contributed by atoms with Crippen molar-refractivity contribution in [3.8, 4) is 0 Å². The van der Waals surface area contributed by atoms with Crippen LogP contribution < -0.4 is 0 Å². The standard InChI is InChI=1S/C23H27NO4S/c1-19-6-8-21(9-7-19)18-28-23(25)15-12-20-10-13-22(14-11-20)29(26,27)24-16-4-2-3-5-17-24/h6-15H,2-5,16-18H2,1H3/b15-12+. The molecule has 0 N–H and O–H groups in total. The third kappa shape index (κ3) is 6.02. The predicted molar refractivity (Wildman–Crippen MR) is 114 cm³/mol. The number of hydrogen-bond donors (Lipinski definition) is 0. The van der Waals surface area contributed by atoms with E-state index >= 15 is 0 Å². The highest BCUT2D eigenvalue weighted by molar-refractivity contribution is 7.89. The van der Waals surface area contributed by atoms with Gasteiger partial charge in [0.15, 0.2) is 0 Å². The van der Waals surface area contributed by atoms with E-state index in [1.807, 2.05) is 31.2 Å². The Bertz CT molecular complexity index is 939. The normalized spacial score (nSPS) is 15.9. The van der Waals surface area contributed by atoms with Crippen LogP contribution in [0.4, 0.5) is 0 Å². The molecule has 5 nitrogen and oxygen atoms in total. The van der Waals surface area contributed by atoms with Gasteiger partial charge in [-0.3, -0.25) is 0 Å². The number of rotatable bonds is 6. The molecule has 0 amide bonds. The summed E-state index contributed by atoms with van der Waals surface area (Å²) in [5, 5.41) is 0. The zero-order chi connectivity index (χ0) is 20.7. The molecule has 0 spiro atoms. The van der Waals surface area contributed by atoms with Crippen LogP contribution in [0, 0.1) is 6.92 Å². The molecule has 1 saturated heterocycles. The smallest absolute Gasteiger partial charge is 0.331 e. The van der Waals surface area contributed by atoms with E-state index in [1.165, 1.54) is 6.08 Å². The molecular formula is C23H27NO4S. The molecule has 0 atom stereocenters. The van der Waals surface area contributed by atoms with Crippen LogP contribution in [0.25, 0.3) is 6.08 Å². The summed E-state index contributed by atoms with van der Waals surface area (Å²) in [4.78, 5) is 12.2. The van der Waals surface area contributed by atoms with Crippen LogP contribution in [0.2, 0.25) is 0 Å². The number of benzene rings is 2. The molecule has 0 bridgehead atoms. The second-order valence-electron chi connectivity index (χ2n) is 7.31. The average Bonchev–Trinajstić information content (AvgIpc) is 3.02. The molecule has 1 fully saturated rings. The van der Waals surface area contributed by atoms with Crippen molar-refractivity contribution < 1.29 is 17.9 Å². The molecule has 0 aliphatic carbocycles. The molecule has 1 heterocycles. The second-order valence-corrected chi connectivity index (χ2v) is 9.25. The van der Waals surface area contributed by atoms with Gasteiger partial charge in [-0.1, -0.05) is 54.8 Å². The van der Waals surface area contributed by atoms with Gasteiger partial charge in [0.1, 0.15) is 6.61 Å². The van der Waals surface area contributed by atoms with Crippen LogP contribution in [-0.2, 0) is 26.2 Å². The number of esters is 1. The molecule has 29 heavy (non-hydrogen) atoms. The van der Waals surface area contributed by atoms with Crippen molar-refractivity contribution in [2.45, 2.75) is 44.1 Å². The first-order valence-electron chi connectivity index (χ1n) is 9.96. The zero-order valence-corrected chi connectivity index (χ0v) is 17.5. The van der Waals surface area contributed by atoms with Crippen molar-refractivity contribution in [1.82, 2.24) is 4.31 Å². The molecule has 0 aromatic heterocycles. The topological polar surface area (TPSA) is 63.7 Å². The summed E-state index contributed by atoms with van der Waals surface area (Å²) in [7, 11) is -3.46. The van der Waals surface area contributed by atoms with Crippen molar-refractivity contribution in [3.05, 3.63) is 71.3 Å². The number of aryl methyl sites for hydroxylation is 1. The highest BCUT2D eigenvalue weighted by Gasteiger charge is 2.24. The van der Waals surface area contributed by atoms with E-state index in [1.54, 1.807) is 34.6 Å². The molecule has 6 heteroatoms. The summed E-state index contributed by atoms with van der Waals surface area (Å²) < 4.78 is 32.4. The second kappa shape index (κ2) is 9.85. The number of carbonyl (C=O) groups excluding carboxylic acids is 1. The Morgan fingerprint density at radius 1 is 0.966 bits per heavy atom. The Hall–Kier alpha value is -2.44. The quantitative estimate of drug-likeness (QED) is 0.523. The van der Waals surface area contributed by atoms with Crippen molar-refractivity contribution >= 4 is 22.1 Å². The monoisotopic (exact) mass is 413 g/mol. The van der Waals surface area contributed by atoms with Crippen LogP contribution in [0.15, 0.2) is 59.5 Å². The Morgan fingerprint density at radius 2 is 1.59 bits per heavy atom. The maximum Gasteiger partial charge on any atom is 0.331 e. The molecule has 154 valence electrons. The molecule has 2 aromatic carbocycles. The summed E-state index contributed by atoms with van der Waals surface area (Å²) in [6.07, 6.45) is 6.95. The largest absolute Gasteiger partial charge is 0.458 e. The van der Waals surface area contributed by atoms with E-state index in [4.69, 9.17) is 4.74 Å². The van der Waals surface area contributed by atoms with Gasteiger partial charge in [-0.2, -0.15) is 4.31 Å². The van der Waals surface area contributed by atoms with Crippen LogP contribution in [0.1, 0.15) is 42.4 Å². The maximum absolute atomic E-state index is 12.8. The van der Waals surface area contributed by atoms with E-state index < -0.39 is 16.0 Å². The Balaban J connectivity index is 1.57. The lowest BCUT2D eigenvalue weighted by Gasteiger charge is -2.19. The molecular weight excluding hydrogens is 386 g/mol. The van der Waals surface area contributed by atoms with Gasteiger partial charge in [0.05, 0.1) is 4.90 Å². The van der Waals surface area contributed by atoms with E-state index in [-0.39, 0.29) is 6.61 Å². The summed E-state index contributed by atoms with van der Waals surface area (Å²) in [6, 6.07) is 14.4. The Morgan fingerprint density at radius 3 is 2.21 bits per heavy atom. The summed E-state index contributed by atoms with van der Waals surface area (Å²) in [5.74, 6) is -0.438. The Labute approximate surface area is 173 Å². The summed E-state index contributed by atoms with van der Waals surface area (Å²) in [6.45, 7) is 3.38. The van der Waals surface area contributed by atoms with E-state index in [0.29, 0.717) is 18.0 Å². The lowest BCUT2D eigenvalue weighted by atomic mass is 10.2. The molecule has 0 unspecified atom stereocenters. The number of sulfonamides is 1. The van der Waals surface area contributed by atoms with Crippen LogP contribution in [0.3, 0.4) is 0 Å². The van der Waals surface area contributed by atoms with Crippen molar-refractivity contribution in [1.29, 1.82) is 0 Å². The highest BCUT2D eigenvalue weighted by Crippen LogP contribution is 2.21. The van der Waals surface area contributed by atoms with Gasteiger partial charge in [0.25, 0.3) is 0 Å². The third-order valence-electron chi connectivity index (χ3n) is 5.00. The first-order chi connectivity index (χ1) is 13.9. The van der Waals surface area contributed by atoms with Gasteiger partial charge in [0.2, 0.25) is 10.0 Å². The zero-order valence-electron chi connectivity index (χ0n) is 16.7. The maximum atomic E-state index is 12.8. The first-order valence-corrected chi connectivity index (χ1v) is 11.4. The molecule has 1 aliphatic rings. The third-order valence-corrected chi connectivity index (χ3v) is 6.91. The predicted octanol–water partition coefficient (Wildman–Crippen LogP) is 4.32. The molecule has 0 radical (unpaired) electrons. The van der Waals surface area contributed by atoms with Gasteiger partial charge in [0, 0.05) is 19.2 Å². The SMILES string of the molecule is Cc1ccc(COC(=O)/C=C/c2ccc(S(=O)(=O)N3CCCCCC3)cc2)cc1.